The number of benzene rings is 1. The summed E-state index contributed by atoms with van der Waals surface area (Å²) >= 11 is 0. The minimum atomic E-state index is -4.02. The standard InChI is InChI=1S/C13H19NO5.C7H8O3S.H2O/c1-18-13(17)10-19-8-3-2-7-14-11(9-15)5-4-6-12(14)16;1-6-2-4-7(5-3-6)11(8,9)10;/h11,15H,4-10H2,1H3;2-5H,1H3,(H,8,9,10);1H2/t11-;;/m1../s1. The summed E-state index contributed by atoms with van der Waals surface area (Å²) < 4.78 is 38.9. The molecule has 1 saturated heterocycles. The van der Waals surface area contributed by atoms with E-state index in [4.69, 9.17) is 9.29 Å². The van der Waals surface area contributed by atoms with Crippen molar-refractivity contribution in [1.82, 2.24) is 4.90 Å². The van der Waals surface area contributed by atoms with Gasteiger partial charge in [-0.05, 0) is 31.9 Å². The van der Waals surface area contributed by atoms with Gasteiger partial charge in [0.15, 0.2) is 0 Å². The molecule has 1 aromatic rings. The van der Waals surface area contributed by atoms with Crippen LogP contribution in [0.2, 0.25) is 0 Å². The van der Waals surface area contributed by atoms with E-state index in [0.717, 1.165) is 18.4 Å². The lowest BCUT2D eigenvalue weighted by atomic mass is 10.0. The van der Waals surface area contributed by atoms with E-state index in [2.05, 4.69) is 16.6 Å². The van der Waals surface area contributed by atoms with Crippen molar-refractivity contribution in [2.75, 3.05) is 33.5 Å². The molecule has 0 radical (unpaired) electrons. The van der Waals surface area contributed by atoms with Crippen molar-refractivity contribution in [3.8, 4) is 11.8 Å². The highest BCUT2D eigenvalue weighted by atomic mass is 32.2. The second-order valence-electron chi connectivity index (χ2n) is 6.46. The van der Waals surface area contributed by atoms with Gasteiger partial charge in [0.05, 0.1) is 31.2 Å². The lowest BCUT2D eigenvalue weighted by Crippen LogP contribution is -2.45. The number of ether oxygens (including phenoxy) is 2. The molecule has 11 heteroatoms. The Morgan fingerprint density at radius 2 is 1.90 bits per heavy atom. The zero-order valence-electron chi connectivity index (χ0n) is 17.5. The van der Waals surface area contributed by atoms with Crippen molar-refractivity contribution in [3.05, 3.63) is 29.8 Å². The molecule has 1 aromatic carbocycles. The molecule has 2 rings (SSSR count). The first-order valence-electron chi connectivity index (χ1n) is 9.23. The van der Waals surface area contributed by atoms with Crippen molar-refractivity contribution in [1.29, 1.82) is 0 Å². The summed E-state index contributed by atoms with van der Waals surface area (Å²) in [5.74, 6) is 5.10. The molecule has 0 aliphatic carbocycles. The number of nitrogens with zero attached hydrogens (tertiary/aromatic N) is 1. The number of hydrogen-bond donors (Lipinski definition) is 2. The highest BCUT2D eigenvalue weighted by Gasteiger charge is 2.26. The molecule has 0 unspecified atom stereocenters. The number of esters is 1. The predicted molar refractivity (Wildman–Crippen MR) is 112 cm³/mol. The first-order valence-corrected chi connectivity index (χ1v) is 10.7. The lowest BCUT2D eigenvalue weighted by molar-refractivity contribution is -0.145. The van der Waals surface area contributed by atoms with E-state index >= 15 is 0 Å². The molecule has 1 heterocycles. The number of likely N-dealkylation sites (tertiary alicyclic amines) is 1. The highest BCUT2D eigenvalue weighted by molar-refractivity contribution is 7.85. The second-order valence-corrected chi connectivity index (χ2v) is 7.88. The molecule has 31 heavy (non-hydrogen) atoms. The summed E-state index contributed by atoms with van der Waals surface area (Å²) in [6, 6.07) is 5.85. The van der Waals surface area contributed by atoms with Crippen LogP contribution in [0.1, 0.15) is 24.8 Å². The minimum Gasteiger partial charge on any atom is -0.467 e. The van der Waals surface area contributed by atoms with Gasteiger partial charge in [-0.25, -0.2) is 4.79 Å². The summed E-state index contributed by atoms with van der Waals surface area (Å²) in [6.07, 6.45) is 2.13. The number of carbonyl (C=O) groups is 2. The maximum atomic E-state index is 11.7. The smallest absolute Gasteiger partial charge is 0.331 e. The Morgan fingerprint density at radius 3 is 2.45 bits per heavy atom. The van der Waals surface area contributed by atoms with Gasteiger partial charge in [-0.2, -0.15) is 8.42 Å². The topological polar surface area (TPSA) is 162 Å². The van der Waals surface area contributed by atoms with Crippen LogP contribution in [0.5, 0.6) is 0 Å². The number of amides is 1. The van der Waals surface area contributed by atoms with Gasteiger partial charge >= 0.3 is 5.97 Å². The maximum Gasteiger partial charge on any atom is 0.331 e. The summed E-state index contributed by atoms with van der Waals surface area (Å²) in [7, 11) is -2.73. The SMILES string of the molecule is COC(=O)COCC#CCN1C(=O)CCC[C@@H]1CO.Cc1ccc(S(=O)(=O)O)cc1.O. The molecule has 1 aliphatic rings. The summed E-state index contributed by atoms with van der Waals surface area (Å²) in [5.41, 5.74) is 0.956. The van der Waals surface area contributed by atoms with Gasteiger partial charge in [0.2, 0.25) is 5.91 Å². The van der Waals surface area contributed by atoms with Gasteiger partial charge in [-0.15, -0.1) is 0 Å². The molecule has 1 atom stereocenters. The molecule has 0 bridgehead atoms. The van der Waals surface area contributed by atoms with Crippen LogP contribution in [0.15, 0.2) is 29.2 Å². The van der Waals surface area contributed by atoms with Crippen molar-refractivity contribution >= 4 is 22.0 Å². The molecule has 0 saturated carbocycles. The zero-order valence-corrected chi connectivity index (χ0v) is 18.4. The molecular weight excluding hydrogens is 430 g/mol. The van der Waals surface area contributed by atoms with Crippen molar-refractivity contribution < 1.29 is 42.6 Å². The molecule has 10 nitrogen and oxygen atoms in total. The Kier molecular flexibility index (Phi) is 13.3. The van der Waals surface area contributed by atoms with Gasteiger partial charge in [0.1, 0.15) is 13.2 Å². The molecule has 1 aliphatic heterocycles. The van der Waals surface area contributed by atoms with Crippen LogP contribution in [0.4, 0.5) is 0 Å². The fourth-order valence-electron chi connectivity index (χ4n) is 2.55. The number of methoxy groups -OCH3 is 1. The quantitative estimate of drug-likeness (QED) is 0.259. The number of piperidine rings is 1. The van der Waals surface area contributed by atoms with E-state index in [1.54, 1.807) is 17.0 Å². The number of carbonyl (C=O) groups excluding carboxylic acids is 2. The fraction of sp³-hybridized carbons (Fsp3) is 0.500. The van der Waals surface area contributed by atoms with E-state index < -0.39 is 16.1 Å². The molecule has 0 aromatic heterocycles. The summed E-state index contributed by atoms with van der Waals surface area (Å²) in [6.45, 7) is 2.07. The Morgan fingerprint density at radius 1 is 1.26 bits per heavy atom. The van der Waals surface area contributed by atoms with Crippen LogP contribution < -0.4 is 0 Å². The first-order chi connectivity index (χ1) is 14.2. The second kappa shape index (κ2) is 14.5. The highest BCUT2D eigenvalue weighted by Crippen LogP contribution is 2.17. The van der Waals surface area contributed by atoms with Crippen molar-refractivity contribution in [2.24, 2.45) is 0 Å². The number of aliphatic hydroxyl groups excluding tert-OH is 1. The molecule has 4 N–H and O–H groups in total. The van der Waals surface area contributed by atoms with E-state index in [1.807, 2.05) is 6.92 Å². The lowest BCUT2D eigenvalue weighted by Gasteiger charge is -2.32. The van der Waals surface area contributed by atoms with Crippen LogP contribution in [-0.2, 0) is 29.2 Å². The van der Waals surface area contributed by atoms with Gasteiger partial charge in [-0.3, -0.25) is 9.35 Å². The molecular formula is C20H29NO9S. The van der Waals surface area contributed by atoms with Gasteiger partial charge in [0.25, 0.3) is 10.1 Å². The Bertz CT molecular complexity index is 857. The number of aliphatic hydroxyl groups is 1. The third-order valence-corrected chi connectivity index (χ3v) is 5.08. The van der Waals surface area contributed by atoms with Crippen LogP contribution in [0.25, 0.3) is 0 Å². The minimum absolute atomic E-state index is 0. The normalized spacial score (nSPS) is 15.5. The molecule has 1 fully saturated rings. The Hall–Kier alpha value is -2.49. The number of hydrogen-bond acceptors (Lipinski definition) is 7. The van der Waals surface area contributed by atoms with E-state index in [9.17, 15) is 23.1 Å². The third-order valence-electron chi connectivity index (χ3n) is 4.21. The van der Waals surface area contributed by atoms with Gasteiger partial charge in [-0.1, -0.05) is 29.5 Å². The monoisotopic (exact) mass is 459 g/mol. The Balaban J connectivity index is 0.000000640. The number of aryl methyl sites for hydroxylation is 1. The maximum absolute atomic E-state index is 11.7. The van der Waals surface area contributed by atoms with Gasteiger partial charge in [0, 0.05) is 6.42 Å². The third kappa shape index (κ3) is 10.9. The summed E-state index contributed by atoms with van der Waals surface area (Å²) in [5, 5.41) is 9.19. The van der Waals surface area contributed by atoms with Crippen LogP contribution >= 0.6 is 0 Å². The van der Waals surface area contributed by atoms with Crippen molar-refractivity contribution in [3.63, 3.8) is 0 Å². The predicted octanol–water partition coefficient (Wildman–Crippen LogP) is -0.0302. The van der Waals surface area contributed by atoms with E-state index in [-0.39, 0.29) is 48.7 Å². The largest absolute Gasteiger partial charge is 0.467 e. The average molecular weight is 460 g/mol. The molecule has 174 valence electrons. The first kappa shape index (κ1) is 28.5. The Labute approximate surface area is 182 Å². The molecule has 1 amide bonds. The fourth-order valence-corrected chi connectivity index (χ4v) is 3.03. The zero-order chi connectivity index (χ0) is 22.6. The van der Waals surface area contributed by atoms with Crippen LogP contribution in [-0.4, -0.2) is 79.8 Å². The van der Waals surface area contributed by atoms with Gasteiger partial charge < -0.3 is 25.0 Å². The summed E-state index contributed by atoms with van der Waals surface area (Å²) in [4.78, 5) is 23.9. The number of rotatable bonds is 6. The van der Waals surface area contributed by atoms with E-state index in [0.29, 0.717) is 6.42 Å². The van der Waals surface area contributed by atoms with Crippen LogP contribution in [0.3, 0.4) is 0 Å². The van der Waals surface area contributed by atoms with Crippen molar-refractivity contribution in [2.45, 2.75) is 37.1 Å². The molecule has 0 spiro atoms. The van der Waals surface area contributed by atoms with E-state index in [1.165, 1.54) is 19.2 Å². The van der Waals surface area contributed by atoms with Crippen LogP contribution in [0, 0.1) is 18.8 Å². The average Bonchev–Trinajstić information content (AvgIpc) is 2.71.